The predicted molar refractivity (Wildman–Crippen MR) is 85.8 cm³/mol. The Kier molecular flexibility index (Phi) is 4.94. The van der Waals surface area contributed by atoms with Crippen molar-refractivity contribution in [3.05, 3.63) is 29.6 Å². The molecule has 0 bridgehead atoms. The van der Waals surface area contributed by atoms with Gasteiger partial charge in [-0.3, -0.25) is 4.90 Å². The molecule has 2 N–H and O–H groups in total. The number of piperazine rings is 1. The largest absolute Gasteiger partial charge is 0.389 e. The minimum Gasteiger partial charge on any atom is -0.389 e. The van der Waals surface area contributed by atoms with Gasteiger partial charge >= 0.3 is 0 Å². The Labute approximate surface area is 125 Å². The van der Waals surface area contributed by atoms with Gasteiger partial charge in [0.25, 0.3) is 0 Å². The molecule has 1 saturated heterocycles. The van der Waals surface area contributed by atoms with Crippen LogP contribution >= 0.6 is 12.2 Å². The number of hydrogen-bond acceptors (Lipinski definition) is 3. The molecule has 3 nitrogen and oxygen atoms in total. The lowest BCUT2D eigenvalue weighted by Gasteiger charge is -2.37. The van der Waals surface area contributed by atoms with Crippen molar-refractivity contribution in [2.45, 2.75) is 13.8 Å². The number of hydrogen-bond donors (Lipinski definition) is 1. The third-order valence-corrected chi connectivity index (χ3v) is 3.78. The van der Waals surface area contributed by atoms with Crippen LogP contribution in [0.3, 0.4) is 0 Å². The van der Waals surface area contributed by atoms with E-state index in [0.29, 0.717) is 11.5 Å². The summed E-state index contributed by atoms with van der Waals surface area (Å²) < 4.78 is 13.9. The number of anilines is 1. The van der Waals surface area contributed by atoms with Crippen molar-refractivity contribution in [3.8, 4) is 0 Å². The topological polar surface area (TPSA) is 32.5 Å². The zero-order chi connectivity index (χ0) is 14.7. The molecule has 1 aromatic rings. The summed E-state index contributed by atoms with van der Waals surface area (Å²) in [6.45, 7) is 9.31. The highest BCUT2D eigenvalue weighted by molar-refractivity contribution is 7.80. The van der Waals surface area contributed by atoms with E-state index in [0.717, 1.165) is 38.4 Å². The summed E-state index contributed by atoms with van der Waals surface area (Å²) in [5.74, 6) is 0.336. The van der Waals surface area contributed by atoms with Crippen LogP contribution in [0.4, 0.5) is 10.1 Å². The lowest BCUT2D eigenvalue weighted by molar-refractivity contribution is 0.231. The number of rotatable bonds is 4. The molecule has 1 aliphatic heterocycles. The van der Waals surface area contributed by atoms with Crippen LogP contribution in [-0.2, 0) is 0 Å². The molecule has 0 saturated carbocycles. The van der Waals surface area contributed by atoms with Crippen molar-refractivity contribution in [2.24, 2.45) is 11.7 Å². The molecule has 2 rings (SSSR count). The molecule has 0 spiro atoms. The average Bonchev–Trinajstić information content (AvgIpc) is 2.38. The van der Waals surface area contributed by atoms with E-state index in [1.165, 1.54) is 6.07 Å². The van der Waals surface area contributed by atoms with E-state index >= 15 is 0 Å². The molecule has 0 atom stereocenters. The molecule has 0 amide bonds. The first-order chi connectivity index (χ1) is 9.49. The van der Waals surface area contributed by atoms with E-state index in [1.807, 2.05) is 6.07 Å². The summed E-state index contributed by atoms with van der Waals surface area (Å²) in [5.41, 5.74) is 6.87. The molecule has 0 unspecified atom stereocenters. The van der Waals surface area contributed by atoms with Crippen molar-refractivity contribution in [1.29, 1.82) is 0 Å². The van der Waals surface area contributed by atoms with Gasteiger partial charge in [0.1, 0.15) is 10.8 Å². The van der Waals surface area contributed by atoms with Crippen molar-refractivity contribution in [3.63, 3.8) is 0 Å². The maximum atomic E-state index is 13.9. The van der Waals surface area contributed by atoms with Gasteiger partial charge in [0.2, 0.25) is 0 Å². The molecule has 1 aliphatic rings. The lowest BCUT2D eigenvalue weighted by atomic mass is 10.1. The minimum atomic E-state index is -0.334. The Hall–Kier alpha value is -1.20. The first kappa shape index (κ1) is 15.2. The average molecular weight is 295 g/mol. The van der Waals surface area contributed by atoms with Gasteiger partial charge in [-0.2, -0.15) is 0 Å². The Morgan fingerprint density at radius 3 is 2.50 bits per heavy atom. The van der Waals surface area contributed by atoms with Gasteiger partial charge in [-0.1, -0.05) is 32.1 Å². The van der Waals surface area contributed by atoms with Crippen molar-refractivity contribution < 1.29 is 4.39 Å². The van der Waals surface area contributed by atoms with Crippen LogP contribution in [0, 0.1) is 11.7 Å². The quantitative estimate of drug-likeness (QED) is 0.864. The Balaban J connectivity index is 2.11. The maximum absolute atomic E-state index is 13.9. The van der Waals surface area contributed by atoms with Crippen LogP contribution in [0.25, 0.3) is 0 Å². The van der Waals surface area contributed by atoms with Gasteiger partial charge < -0.3 is 10.6 Å². The van der Waals surface area contributed by atoms with Gasteiger partial charge in [-0.25, -0.2) is 4.39 Å². The second-order valence-electron chi connectivity index (χ2n) is 5.68. The molecule has 20 heavy (non-hydrogen) atoms. The molecule has 1 fully saturated rings. The molecule has 1 heterocycles. The molecule has 0 radical (unpaired) electrons. The minimum absolute atomic E-state index is 0.128. The normalized spacial score (nSPS) is 16.7. The van der Waals surface area contributed by atoms with Crippen LogP contribution in [0.5, 0.6) is 0 Å². The number of halogens is 1. The van der Waals surface area contributed by atoms with Gasteiger partial charge in [0.15, 0.2) is 0 Å². The number of thiocarbonyl (C=S) groups is 1. The second-order valence-corrected chi connectivity index (χ2v) is 6.12. The van der Waals surface area contributed by atoms with Gasteiger partial charge in [0, 0.05) is 38.4 Å². The first-order valence-electron chi connectivity index (χ1n) is 7.04. The van der Waals surface area contributed by atoms with E-state index in [1.54, 1.807) is 6.07 Å². The molecule has 110 valence electrons. The summed E-state index contributed by atoms with van der Waals surface area (Å²) in [7, 11) is 0. The number of nitrogens with two attached hydrogens (primary N) is 1. The van der Waals surface area contributed by atoms with E-state index < -0.39 is 0 Å². The van der Waals surface area contributed by atoms with E-state index in [-0.39, 0.29) is 10.8 Å². The standard InChI is InChI=1S/C15H22FN3S/c1-11(2)10-18-6-8-19(9-7-18)13-5-3-4-12(16)14(13)15(17)20/h3-5,11H,6-10H2,1-2H3,(H2,17,20). The zero-order valence-corrected chi connectivity index (χ0v) is 12.9. The highest BCUT2D eigenvalue weighted by Gasteiger charge is 2.21. The van der Waals surface area contributed by atoms with Crippen LogP contribution in [-0.4, -0.2) is 42.6 Å². The third kappa shape index (κ3) is 3.46. The van der Waals surface area contributed by atoms with Gasteiger partial charge in [-0.15, -0.1) is 0 Å². The van der Waals surface area contributed by atoms with Crippen LogP contribution < -0.4 is 10.6 Å². The smallest absolute Gasteiger partial charge is 0.135 e. The van der Waals surface area contributed by atoms with Gasteiger partial charge in [-0.05, 0) is 18.1 Å². The SMILES string of the molecule is CC(C)CN1CCN(c2cccc(F)c2C(N)=S)CC1. The highest BCUT2D eigenvalue weighted by Crippen LogP contribution is 2.24. The molecule has 0 aromatic heterocycles. The molecule has 0 aliphatic carbocycles. The summed E-state index contributed by atoms with van der Waals surface area (Å²) in [5, 5.41) is 0. The second kappa shape index (κ2) is 6.50. The maximum Gasteiger partial charge on any atom is 0.135 e. The highest BCUT2D eigenvalue weighted by atomic mass is 32.1. The molecule has 5 heteroatoms. The monoisotopic (exact) mass is 295 g/mol. The third-order valence-electron chi connectivity index (χ3n) is 3.57. The lowest BCUT2D eigenvalue weighted by Crippen LogP contribution is -2.48. The van der Waals surface area contributed by atoms with Crippen molar-refractivity contribution in [2.75, 3.05) is 37.6 Å². The zero-order valence-electron chi connectivity index (χ0n) is 12.1. The predicted octanol–water partition coefficient (Wildman–Crippen LogP) is 2.24. The number of nitrogens with zero attached hydrogens (tertiary/aromatic N) is 2. The fourth-order valence-corrected chi connectivity index (χ4v) is 2.91. The fraction of sp³-hybridized carbons (Fsp3) is 0.533. The summed E-state index contributed by atoms with van der Waals surface area (Å²) >= 11 is 4.99. The number of benzene rings is 1. The van der Waals surface area contributed by atoms with Crippen molar-refractivity contribution >= 4 is 22.9 Å². The molecular formula is C15H22FN3S. The van der Waals surface area contributed by atoms with Crippen LogP contribution in [0.15, 0.2) is 18.2 Å². The van der Waals surface area contributed by atoms with E-state index in [2.05, 4.69) is 23.6 Å². The summed E-state index contributed by atoms with van der Waals surface area (Å²) in [4.78, 5) is 4.75. The molecular weight excluding hydrogens is 273 g/mol. The fourth-order valence-electron chi connectivity index (χ4n) is 2.71. The Morgan fingerprint density at radius 2 is 1.95 bits per heavy atom. The van der Waals surface area contributed by atoms with Gasteiger partial charge in [0.05, 0.1) is 5.56 Å². The first-order valence-corrected chi connectivity index (χ1v) is 7.45. The van der Waals surface area contributed by atoms with E-state index in [9.17, 15) is 4.39 Å². The van der Waals surface area contributed by atoms with Crippen LogP contribution in [0.2, 0.25) is 0 Å². The summed E-state index contributed by atoms with van der Waals surface area (Å²) in [6.07, 6.45) is 0. The van der Waals surface area contributed by atoms with Crippen molar-refractivity contribution in [1.82, 2.24) is 4.90 Å². The Morgan fingerprint density at radius 1 is 1.30 bits per heavy atom. The Bertz CT molecular complexity index is 482. The van der Waals surface area contributed by atoms with E-state index in [4.69, 9.17) is 18.0 Å². The van der Waals surface area contributed by atoms with Crippen LogP contribution in [0.1, 0.15) is 19.4 Å². The molecule has 1 aromatic carbocycles. The summed E-state index contributed by atoms with van der Waals surface area (Å²) in [6, 6.07) is 5.02.